The van der Waals surface area contributed by atoms with E-state index in [1.54, 1.807) is 6.20 Å². The maximum Gasteiger partial charge on any atom is 0 e. The molecule has 0 unspecified atom stereocenters. The zero-order chi connectivity index (χ0) is 31.6. The molecule has 0 N–H and O–H groups in total. The third-order valence-corrected chi connectivity index (χ3v) is 12.0. The summed E-state index contributed by atoms with van der Waals surface area (Å²) in [6.45, 7) is 3.76. The van der Waals surface area contributed by atoms with E-state index in [-0.39, 0.29) is 20.1 Å². The molecule has 0 aliphatic rings. The molecule has 7 rings (SSSR count). The Morgan fingerprint density at radius 3 is 2.20 bits per heavy atom. The van der Waals surface area contributed by atoms with E-state index in [0.717, 1.165) is 55.6 Å². The number of aromatic nitrogens is 2. The molecule has 45 heavy (non-hydrogen) atoms. The first-order chi connectivity index (χ1) is 21.6. The van der Waals surface area contributed by atoms with Gasteiger partial charge in [0.25, 0.3) is 0 Å². The Morgan fingerprint density at radius 2 is 1.51 bits per heavy atom. The Hall–Kier alpha value is -3.83. The van der Waals surface area contributed by atoms with Crippen molar-refractivity contribution in [2.75, 3.05) is 0 Å². The minimum Gasteiger partial charge on any atom is 0 e. The molecule has 0 aliphatic heterocycles. The fraction of sp³-hybridized carbons (Fsp3) is 0.150. The SMILES string of the molecule is [2H]C(C)(C)c1ccnc(-c2[c-]cc3c(c2)oc2ccc(-c4ccccc4)cc23)c1.[CH3][Ge]([CH3])([CH3])[c]1ccc(-c2[c-]cccc2)nc1.[Ir]. The van der Waals surface area contributed by atoms with Gasteiger partial charge in [-0.05, 0) is 40.2 Å². The summed E-state index contributed by atoms with van der Waals surface area (Å²) in [4.78, 5) is 9.01. The molecule has 227 valence electrons. The Bertz CT molecular complexity index is 2060. The molecule has 1 radical (unpaired) electrons. The van der Waals surface area contributed by atoms with Crippen LogP contribution in [0.2, 0.25) is 17.3 Å². The summed E-state index contributed by atoms with van der Waals surface area (Å²) in [5.74, 6) is 6.47. The summed E-state index contributed by atoms with van der Waals surface area (Å²) in [5, 5.41) is 2.12. The van der Waals surface area contributed by atoms with Crippen LogP contribution in [0.15, 0.2) is 126 Å². The molecule has 0 saturated heterocycles. The summed E-state index contributed by atoms with van der Waals surface area (Å²) in [6.07, 6.45) is 3.79. The minimum atomic E-state index is -1.72. The standard InChI is InChI=1S/C26H20NO.C14H16GeN.Ir/c1-17(2)19-12-13-27-24(15-19)21-8-10-22-23-14-20(18-6-4-3-5-7-18)9-11-25(23)28-26(22)16-21;1-15(2,3)13-9-10-14(16-11-13)12-7-5-4-6-8-12;/h3-7,9-17H,1-2H3;4-7,9-11H,1-3H3;/q2*-1;/i17D;;. The van der Waals surface area contributed by atoms with Gasteiger partial charge < -0.3 is 9.40 Å². The molecule has 0 aliphatic carbocycles. The third-order valence-electron chi connectivity index (χ3n) is 7.74. The normalized spacial score (nSPS) is 11.8. The molecule has 3 nitrogen and oxygen atoms in total. The van der Waals surface area contributed by atoms with Crippen molar-refractivity contribution in [3.05, 3.63) is 139 Å². The molecular weight excluding hydrogens is 789 g/mol. The van der Waals surface area contributed by atoms with Crippen LogP contribution >= 0.6 is 0 Å². The first kappa shape index (κ1) is 31.2. The summed E-state index contributed by atoms with van der Waals surface area (Å²) in [7, 11) is 0. The number of fused-ring (bicyclic) bond motifs is 3. The van der Waals surface area contributed by atoms with E-state index >= 15 is 0 Å². The molecule has 0 saturated carbocycles. The Labute approximate surface area is 283 Å². The molecule has 0 spiro atoms. The van der Waals surface area contributed by atoms with Gasteiger partial charge in [-0.25, -0.2) is 0 Å². The molecule has 3 aromatic heterocycles. The van der Waals surface area contributed by atoms with Gasteiger partial charge in [0.2, 0.25) is 0 Å². The number of benzene rings is 4. The van der Waals surface area contributed by atoms with Crippen molar-refractivity contribution in [2.45, 2.75) is 37.0 Å². The summed E-state index contributed by atoms with van der Waals surface area (Å²) in [5.41, 5.74) is 8.69. The van der Waals surface area contributed by atoms with Gasteiger partial charge in [0.15, 0.2) is 0 Å². The number of pyridine rings is 2. The molecule has 0 amide bonds. The van der Waals surface area contributed by atoms with E-state index in [9.17, 15) is 0 Å². The molecule has 0 atom stereocenters. The van der Waals surface area contributed by atoms with Gasteiger partial charge in [-0.2, -0.15) is 0 Å². The van der Waals surface area contributed by atoms with Crippen LogP contribution in [0, 0.1) is 12.1 Å². The van der Waals surface area contributed by atoms with Gasteiger partial charge in [-0.15, -0.1) is 17.7 Å². The summed E-state index contributed by atoms with van der Waals surface area (Å²) >= 11 is -1.72. The summed E-state index contributed by atoms with van der Waals surface area (Å²) in [6, 6.07) is 43.3. The average molecular weight is 827 g/mol. The van der Waals surface area contributed by atoms with Gasteiger partial charge in [0.1, 0.15) is 5.58 Å². The summed E-state index contributed by atoms with van der Waals surface area (Å²) < 4.78 is 15.8. The van der Waals surface area contributed by atoms with Crippen LogP contribution in [0.1, 0.15) is 26.7 Å². The molecule has 0 fully saturated rings. The van der Waals surface area contributed by atoms with Gasteiger partial charge in [0.05, 0.1) is 5.58 Å². The predicted molar refractivity (Wildman–Crippen MR) is 187 cm³/mol. The second-order valence-electron chi connectivity index (χ2n) is 12.2. The van der Waals surface area contributed by atoms with Gasteiger partial charge in [-0.3, -0.25) is 0 Å². The van der Waals surface area contributed by atoms with E-state index in [1.807, 2.05) is 92.8 Å². The van der Waals surface area contributed by atoms with Crippen LogP contribution in [0.3, 0.4) is 0 Å². The van der Waals surface area contributed by atoms with Gasteiger partial charge in [-0.1, -0.05) is 79.4 Å². The Kier molecular flexibility index (Phi) is 9.75. The number of rotatable bonds is 5. The van der Waals surface area contributed by atoms with Crippen LogP contribution in [0.4, 0.5) is 0 Å². The quantitative estimate of drug-likeness (QED) is 0.128. The van der Waals surface area contributed by atoms with E-state index in [1.165, 1.54) is 9.96 Å². The van der Waals surface area contributed by atoms with Crippen molar-refractivity contribution in [3.63, 3.8) is 0 Å². The molecule has 5 heteroatoms. The van der Waals surface area contributed by atoms with E-state index in [2.05, 4.69) is 75.8 Å². The zero-order valence-corrected chi connectivity index (χ0v) is 30.7. The third kappa shape index (κ3) is 7.53. The van der Waals surface area contributed by atoms with E-state index in [0.29, 0.717) is 0 Å². The van der Waals surface area contributed by atoms with Crippen LogP contribution < -0.4 is 4.40 Å². The van der Waals surface area contributed by atoms with Gasteiger partial charge >= 0.3 is 99.8 Å². The van der Waals surface area contributed by atoms with Crippen molar-refractivity contribution < 1.29 is 25.9 Å². The topological polar surface area (TPSA) is 38.9 Å². The largest absolute Gasteiger partial charge is 0 e. The number of nitrogens with zero attached hydrogens (tertiary/aromatic N) is 2. The number of hydrogen-bond donors (Lipinski definition) is 0. The van der Waals surface area contributed by atoms with Crippen LogP contribution in [0.5, 0.6) is 0 Å². The van der Waals surface area contributed by atoms with Crippen LogP contribution in [-0.2, 0) is 20.1 Å². The van der Waals surface area contributed by atoms with Crippen molar-refractivity contribution in [1.29, 1.82) is 0 Å². The second-order valence-corrected chi connectivity index (χ2v) is 22.8. The van der Waals surface area contributed by atoms with Crippen molar-refractivity contribution in [1.82, 2.24) is 9.97 Å². The maximum atomic E-state index is 8.27. The Morgan fingerprint density at radius 1 is 0.711 bits per heavy atom. The first-order valence-corrected chi connectivity index (χ1v) is 22.2. The zero-order valence-electron chi connectivity index (χ0n) is 27.2. The number of furan rings is 1. The molecular formula is C40H36GeIrN2O-2. The van der Waals surface area contributed by atoms with Crippen LogP contribution in [-0.4, -0.2) is 23.2 Å². The Balaban J connectivity index is 0.000000209. The monoisotopic (exact) mass is 828 g/mol. The van der Waals surface area contributed by atoms with Crippen molar-refractivity contribution >= 4 is 39.6 Å². The fourth-order valence-corrected chi connectivity index (χ4v) is 7.28. The van der Waals surface area contributed by atoms with E-state index in [4.69, 9.17) is 5.79 Å². The predicted octanol–water partition coefficient (Wildman–Crippen LogP) is 10.3. The fourth-order valence-electron chi connectivity index (χ4n) is 5.11. The average Bonchev–Trinajstić information content (AvgIpc) is 3.42. The van der Waals surface area contributed by atoms with Crippen molar-refractivity contribution in [3.8, 4) is 33.6 Å². The first-order valence-electron chi connectivity index (χ1n) is 15.4. The molecule has 7 aromatic rings. The van der Waals surface area contributed by atoms with Gasteiger partial charge in [0, 0.05) is 27.7 Å². The molecule has 0 bridgehead atoms. The molecule has 3 heterocycles. The van der Waals surface area contributed by atoms with Crippen molar-refractivity contribution in [2.24, 2.45) is 0 Å². The minimum absolute atomic E-state index is 0. The number of hydrogen-bond acceptors (Lipinski definition) is 3. The smallest absolute Gasteiger partial charge is 0 e. The maximum absolute atomic E-state index is 8.27. The van der Waals surface area contributed by atoms with E-state index < -0.39 is 19.2 Å². The van der Waals surface area contributed by atoms with Crippen LogP contribution in [0.25, 0.3) is 55.6 Å². The second kappa shape index (κ2) is 14.1. The molecule has 4 aromatic carbocycles.